The number of aryl methyl sites for hydroxylation is 1. The maximum Gasteiger partial charge on any atom is 0.343 e. The van der Waals surface area contributed by atoms with Crippen molar-refractivity contribution in [2.45, 2.75) is 0 Å². The standard InChI is InChI=1S/C11H13N3O3/c1-14-11(15)12-10(13-14)7-4-5-8(16-2)9(6-7)17-3/h4-6H,1-3H3,(H,12,13,15). The lowest BCUT2D eigenvalue weighted by atomic mass is 10.2. The molecule has 0 atom stereocenters. The van der Waals surface area contributed by atoms with Crippen LogP contribution >= 0.6 is 0 Å². The highest BCUT2D eigenvalue weighted by Crippen LogP contribution is 2.30. The number of rotatable bonds is 3. The molecule has 0 aliphatic carbocycles. The van der Waals surface area contributed by atoms with Crippen LogP contribution in [0.1, 0.15) is 0 Å². The molecule has 2 rings (SSSR count). The Kier molecular flexibility index (Phi) is 2.86. The predicted molar refractivity (Wildman–Crippen MR) is 62.4 cm³/mol. The van der Waals surface area contributed by atoms with Crippen LogP contribution in [0.4, 0.5) is 0 Å². The largest absolute Gasteiger partial charge is 0.493 e. The topological polar surface area (TPSA) is 69.1 Å². The van der Waals surface area contributed by atoms with Gasteiger partial charge in [-0.3, -0.25) is 4.98 Å². The monoisotopic (exact) mass is 235 g/mol. The summed E-state index contributed by atoms with van der Waals surface area (Å²) in [6.07, 6.45) is 0. The molecule has 0 saturated heterocycles. The lowest BCUT2D eigenvalue weighted by Crippen LogP contribution is -2.13. The molecular formula is C11H13N3O3. The fourth-order valence-corrected chi connectivity index (χ4v) is 1.52. The predicted octanol–water partition coefficient (Wildman–Crippen LogP) is 0.793. The van der Waals surface area contributed by atoms with Crippen molar-refractivity contribution in [1.29, 1.82) is 0 Å². The van der Waals surface area contributed by atoms with Gasteiger partial charge in [-0.05, 0) is 18.2 Å². The molecule has 2 aromatic rings. The number of aromatic nitrogens is 3. The molecule has 1 aromatic carbocycles. The summed E-state index contributed by atoms with van der Waals surface area (Å²) < 4.78 is 11.6. The highest BCUT2D eigenvalue weighted by molar-refractivity contribution is 5.60. The number of nitrogens with one attached hydrogen (secondary N) is 1. The van der Waals surface area contributed by atoms with Gasteiger partial charge in [0.1, 0.15) is 0 Å². The van der Waals surface area contributed by atoms with Crippen LogP contribution in [0.25, 0.3) is 11.4 Å². The Morgan fingerprint density at radius 2 is 1.94 bits per heavy atom. The van der Waals surface area contributed by atoms with Crippen LogP contribution < -0.4 is 15.2 Å². The molecule has 0 saturated carbocycles. The van der Waals surface area contributed by atoms with Crippen molar-refractivity contribution >= 4 is 0 Å². The molecule has 0 amide bonds. The Morgan fingerprint density at radius 1 is 1.24 bits per heavy atom. The van der Waals surface area contributed by atoms with E-state index in [1.807, 2.05) is 0 Å². The normalized spacial score (nSPS) is 10.3. The summed E-state index contributed by atoms with van der Waals surface area (Å²) in [4.78, 5) is 13.9. The molecule has 0 fully saturated rings. The zero-order valence-corrected chi connectivity index (χ0v) is 9.85. The van der Waals surface area contributed by atoms with Crippen molar-refractivity contribution in [3.05, 3.63) is 28.7 Å². The molecule has 0 spiro atoms. The summed E-state index contributed by atoms with van der Waals surface area (Å²) >= 11 is 0. The zero-order chi connectivity index (χ0) is 12.4. The molecule has 0 radical (unpaired) electrons. The Bertz CT molecular complexity index is 586. The van der Waals surface area contributed by atoms with Gasteiger partial charge in [-0.15, -0.1) is 0 Å². The number of nitrogens with zero attached hydrogens (tertiary/aromatic N) is 2. The van der Waals surface area contributed by atoms with Gasteiger partial charge in [0.25, 0.3) is 0 Å². The van der Waals surface area contributed by atoms with E-state index in [9.17, 15) is 4.79 Å². The summed E-state index contributed by atoms with van der Waals surface area (Å²) in [6.45, 7) is 0. The molecule has 0 unspecified atom stereocenters. The first-order valence-corrected chi connectivity index (χ1v) is 5.01. The highest BCUT2D eigenvalue weighted by Gasteiger charge is 2.09. The molecule has 90 valence electrons. The van der Waals surface area contributed by atoms with E-state index >= 15 is 0 Å². The van der Waals surface area contributed by atoms with Crippen molar-refractivity contribution in [3.8, 4) is 22.9 Å². The van der Waals surface area contributed by atoms with Gasteiger partial charge < -0.3 is 9.47 Å². The van der Waals surface area contributed by atoms with E-state index in [-0.39, 0.29) is 5.69 Å². The minimum atomic E-state index is -0.255. The van der Waals surface area contributed by atoms with Crippen molar-refractivity contribution in [2.24, 2.45) is 7.05 Å². The van der Waals surface area contributed by atoms with Crippen molar-refractivity contribution < 1.29 is 9.47 Å². The third-order valence-corrected chi connectivity index (χ3v) is 2.43. The van der Waals surface area contributed by atoms with E-state index in [1.165, 1.54) is 4.68 Å². The number of hydrogen-bond donors (Lipinski definition) is 1. The molecular weight excluding hydrogens is 222 g/mol. The molecule has 1 heterocycles. The van der Waals surface area contributed by atoms with Gasteiger partial charge in [-0.1, -0.05) is 0 Å². The highest BCUT2D eigenvalue weighted by atomic mass is 16.5. The average molecular weight is 235 g/mol. The second kappa shape index (κ2) is 4.32. The fraction of sp³-hybridized carbons (Fsp3) is 0.273. The van der Waals surface area contributed by atoms with Gasteiger partial charge in [0, 0.05) is 12.6 Å². The number of benzene rings is 1. The second-order valence-corrected chi connectivity index (χ2v) is 3.47. The Labute approximate surface area is 97.8 Å². The molecule has 0 aliphatic rings. The third-order valence-electron chi connectivity index (χ3n) is 2.43. The Hall–Kier alpha value is -2.24. The van der Waals surface area contributed by atoms with Crippen LogP contribution in [-0.2, 0) is 7.05 Å². The number of ether oxygens (including phenoxy) is 2. The van der Waals surface area contributed by atoms with E-state index in [0.717, 1.165) is 5.56 Å². The van der Waals surface area contributed by atoms with Crippen LogP contribution in [-0.4, -0.2) is 29.0 Å². The summed E-state index contributed by atoms with van der Waals surface area (Å²) in [5.41, 5.74) is 0.509. The second-order valence-electron chi connectivity index (χ2n) is 3.47. The Morgan fingerprint density at radius 3 is 2.47 bits per heavy atom. The maximum atomic E-state index is 11.3. The quantitative estimate of drug-likeness (QED) is 0.854. The minimum Gasteiger partial charge on any atom is -0.493 e. The number of methoxy groups -OCH3 is 2. The molecule has 1 aromatic heterocycles. The summed E-state index contributed by atoms with van der Waals surface area (Å²) in [7, 11) is 4.71. The van der Waals surface area contributed by atoms with E-state index < -0.39 is 0 Å². The van der Waals surface area contributed by atoms with Gasteiger partial charge >= 0.3 is 5.69 Å². The van der Waals surface area contributed by atoms with Crippen molar-refractivity contribution in [1.82, 2.24) is 14.8 Å². The summed E-state index contributed by atoms with van der Waals surface area (Å²) in [5.74, 6) is 1.73. The number of aromatic amines is 1. The van der Waals surface area contributed by atoms with Gasteiger partial charge in [-0.25, -0.2) is 9.48 Å². The van der Waals surface area contributed by atoms with Gasteiger partial charge in [0.05, 0.1) is 14.2 Å². The molecule has 17 heavy (non-hydrogen) atoms. The van der Waals surface area contributed by atoms with E-state index in [0.29, 0.717) is 17.3 Å². The van der Waals surface area contributed by atoms with Gasteiger partial charge in [-0.2, -0.15) is 5.10 Å². The molecule has 0 bridgehead atoms. The van der Waals surface area contributed by atoms with E-state index in [1.54, 1.807) is 39.5 Å². The van der Waals surface area contributed by atoms with E-state index in [2.05, 4.69) is 10.1 Å². The van der Waals surface area contributed by atoms with Gasteiger partial charge in [0.2, 0.25) is 0 Å². The SMILES string of the molecule is COc1ccc(-c2nn(C)c(=O)[nH]2)cc1OC. The molecule has 6 nitrogen and oxygen atoms in total. The van der Waals surface area contributed by atoms with Gasteiger partial charge in [0.15, 0.2) is 17.3 Å². The van der Waals surface area contributed by atoms with Crippen LogP contribution in [0, 0.1) is 0 Å². The van der Waals surface area contributed by atoms with E-state index in [4.69, 9.17) is 9.47 Å². The first kappa shape index (κ1) is 11.3. The first-order valence-electron chi connectivity index (χ1n) is 5.01. The summed E-state index contributed by atoms with van der Waals surface area (Å²) in [5, 5.41) is 4.06. The van der Waals surface area contributed by atoms with Crippen molar-refractivity contribution in [3.63, 3.8) is 0 Å². The third kappa shape index (κ3) is 2.01. The first-order chi connectivity index (χ1) is 8.15. The number of H-pyrrole nitrogens is 1. The van der Waals surface area contributed by atoms with Crippen molar-refractivity contribution in [2.75, 3.05) is 14.2 Å². The van der Waals surface area contributed by atoms with Crippen LogP contribution in [0.2, 0.25) is 0 Å². The van der Waals surface area contributed by atoms with Crippen LogP contribution in [0.3, 0.4) is 0 Å². The minimum absolute atomic E-state index is 0.255. The van der Waals surface area contributed by atoms with Crippen LogP contribution in [0.15, 0.2) is 23.0 Å². The Balaban J connectivity index is 2.49. The molecule has 0 aliphatic heterocycles. The lowest BCUT2D eigenvalue weighted by molar-refractivity contribution is 0.355. The molecule has 1 N–H and O–H groups in total. The average Bonchev–Trinajstić information content (AvgIpc) is 2.68. The number of hydrogen-bond acceptors (Lipinski definition) is 4. The maximum absolute atomic E-state index is 11.3. The summed E-state index contributed by atoms with van der Waals surface area (Å²) in [6, 6.07) is 5.33. The smallest absolute Gasteiger partial charge is 0.343 e. The lowest BCUT2D eigenvalue weighted by Gasteiger charge is -2.07. The molecule has 6 heteroatoms. The van der Waals surface area contributed by atoms with Crippen LogP contribution in [0.5, 0.6) is 11.5 Å². The fourth-order valence-electron chi connectivity index (χ4n) is 1.52. The zero-order valence-electron chi connectivity index (χ0n) is 9.85.